The smallest absolute Gasteiger partial charge is 0.152 e. The molecule has 0 aliphatic heterocycles. The standard InChI is InChI=1S/C14H16FN.ClH/c1-3-4-5-13-14(15)12-8-10(2)6-7-11(12)9-16-13;/h6-9H,3-5H2,1-2H3;1H. The lowest BCUT2D eigenvalue weighted by Gasteiger charge is -2.05. The van der Waals surface area contributed by atoms with Crippen LogP contribution in [-0.2, 0) is 6.42 Å². The van der Waals surface area contributed by atoms with E-state index >= 15 is 0 Å². The minimum atomic E-state index is -0.144. The van der Waals surface area contributed by atoms with E-state index < -0.39 is 0 Å². The fourth-order valence-electron chi connectivity index (χ4n) is 1.85. The summed E-state index contributed by atoms with van der Waals surface area (Å²) in [5.74, 6) is -0.144. The van der Waals surface area contributed by atoms with Gasteiger partial charge in [-0.3, -0.25) is 4.98 Å². The molecule has 0 aliphatic rings. The van der Waals surface area contributed by atoms with Gasteiger partial charge in [0.25, 0.3) is 0 Å². The summed E-state index contributed by atoms with van der Waals surface area (Å²) in [5.41, 5.74) is 1.68. The Hall–Kier alpha value is -1.15. The largest absolute Gasteiger partial charge is 0.258 e. The first-order valence-corrected chi connectivity index (χ1v) is 5.76. The van der Waals surface area contributed by atoms with E-state index in [4.69, 9.17) is 0 Å². The topological polar surface area (TPSA) is 12.9 Å². The summed E-state index contributed by atoms with van der Waals surface area (Å²) in [6, 6.07) is 5.79. The number of nitrogens with zero attached hydrogens (tertiary/aromatic N) is 1. The molecule has 0 bridgehead atoms. The first-order valence-electron chi connectivity index (χ1n) is 5.76. The predicted octanol–water partition coefficient (Wildman–Crippen LogP) is 4.45. The molecule has 0 radical (unpaired) electrons. The molecule has 1 heterocycles. The zero-order valence-electron chi connectivity index (χ0n) is 10.2. The van der Waals surface area contributed by atoms with Crippen molar-refractivity contribution in [3.8, 4) is 0 Å². The minimum Gasteiger partial charge on any atom is -0.258 e. The second-order valence-corrected chi connectivity index (χ2v) is 4.21. The van der Waals surface area contributed by atoms with Gasteiger partial charge in [-0.1, -0.05) is 31.0 Å². The molecule has 3 heteroatoms. The van der Waals surface area contributed by atoms with Gasteiger partial charge < -0.3 is 0 Å². The van der Waals surface area contributed by atoms with Crippen LogP contribution in [0.3, 0.4) is 0 Å². The van der Waals surface area contributed by atoms with E-state index in [1.807, 2.05) is 25.1 Å². The van der Waals surface area contributed by atoms with Crippen LogP contribution in [0.2, 0.25) is 0 Å². The molecule has 0 atom stereocenters. The van der Waals surface area contributed by atoms with Crippen molar-refractivity contribution < 1.29 is 4.39 Å². The first-order chi connectivity index (χ1) is 7.72. The zero-order valence-corrected chi connectivity index (χ0v) is 11.0. The van der Waals surface area contributed by atoms with E-state index in [0.717, 1.165) is 30.2 Å². The number of rotatable bonds is 3. The SMILES string of the molecule is CCCCc1ncc2ccc(C)cc2c1F.Cl. The maximum atomic E-state index is 14.1. The van der Waals surface area contributed by atoms with Crippen LogP contribution in [0.25, 0.3) is 10.8 Å². The highest BCUT2D eigenvalue weighted by Gasteiger charge is 2.08. The molecule has 0 saturated carbocycles. The van der Waals surface area contributed by atoms with Crippen molar-refractivity contribution in [1.82, 2.24) is 4.98 Å². The third-order valence-corrected chi connectivity index (χ3v) is 2.83. The summed E-state index contributed by atoms with van der Waals surface area (Å²) >= 11 is 0. The Balaban J connectivity index is 0.00000144. The second kappa shape index (κ2) is 5.97. The molecule has 0 spiro atoms. The Bertz CT molecular complexity index is 511. The average Bonchev–Trinajstić information content (AvgIpc) is 2.29. The van der Waals surface area contributed by atoms with Crippen molar-refractivity contribution in [2.75, 3.05) is 0 Å². The quantitative estimate of drug-likeness (QED) is 0.788. The van der Waals surface area contributed by atoms with Gasteiger partial charge in [0.1, 0.15) is 0 Å². The molecule has 1 nitrogen and oxygen atoms in total. The lowest BCUT2D eigenvalue weighted by atomic mass is 10.1. The number of hydrogen-bond acceptors (Lipinski definition) is 1. The van der Waals surface area contributed by atoms with Crippen molar-refractivity contribution in [1.29, 1.82) is 0 Å². The van der Waals surface area contributed by atoms with Gasteiger partial charge in [-0.25, -0.2) is 4.39 Å². The van der Waals surface area contributed by atoms with Crippen LogP contribution in [0, 0.1) is 12.7 Å². The van der Waals surface area contributed by atoms with Gasteiger partial charge >= 0.3 is 0 Å². The van der Waals surface area contributed by atoms with Crippen molar-refractivity contribution >= 4 is 23.2 Å². The number of fused-ring (bicyclic) bond motifs is 1. The molecule has 2 rings (SSSR count). The number of unbranched alkanes of at least 4 members (excludes halogenated alkanes) is 1. The zero-order chi connectivity index (χ0) is 11.5. The van der Waals surface area contributed by atoms with Crippen molar-refractivity contribution in [2.45, 2.75) is 33.1 Å². The molecule has 1 aromatic heterocycles. The normalized spacial score (nSPS) is 10.3. The molecule has 0 unspecified atom stereocenters. The molecule has 92 valence electrons. The minimum absolute atomic E-state index is 0. The molecule has 2 aromatic rings. The highest BCUT2D eigenvalue weighted by Crippen LogP contribution is 2.21. The third-order valence-electron chi connectivity index (χ3n) is 2.83. The van der Waals surface area contributed by atoms with Crippen molar-refractivity contribution in [2.24, 2.45) is 0 Å². The summed E-state index contributed by atoms with van der Waals surface area (Å²) in [5, 5.41) is 1.57. The van der Waals surface area contributed by atoms with Gasteiger partial charge in [0.2, 0.25) is 0 Å². The van der Waals surface area contributed by atoms with E-state index in [0.29, 0.717) is 11.1 Å². The number of aryl methyl sites for hydroxylation is 2. The van der Waals surface area contributed by atoms with Gasteiger partial charge in [-0.2, -0.15) is 0 Å². The van der Waals surface area contributed by atoms with Crippen LogP contribution in [-0.4, -0.2) is 4.98 Å². The second-order valence-electron chi connectivity index (χ2n) is 4.21. The number of halogens is 2. The van der Waals surface area contributed by atoms with E-state index in [2.05, 4.69) is 11.9 Å². The molecule has 17 heavy (non-hydrogen) atoms. The third kappa shape index (κ3) is 2.95. The summed E-state index contributed by atoms with van der Waals surface area (Å²) < 4.78 is 14.1. The number of benzene rings is 1. The van der Waals surface area contributed by atoms with Crippen molar-refractivity contribution in [3.05, 3.63) is 41.5 Å². The monoisotopic (exact) mass is 253 g/mol. The number of aromatic nitrogens is 1. The van der Waals surface area contributed by atoms with E-state index in [1.165, 1.54) is 0 Å². The van der Waals surface area contributed by atoms with E-state index in [-0.39, 0.29) is 18.2 Å². The Morgan fingerprint density at radius 1 is 1.29 bits per heavy atom. The van der Waals surface area contributed by atoms with Crippen LogP contribution < -0.4 is 0 Å². The summed E-state index contributed by atoms with van der Waals surface area (Å²) in [6.07, 6.45) is 4.54. The molecule has 0 amide bonds. The van der Waals surface area contributed by atoms with Crippen LogP contribution in [0.4, 0.5) is 4.39 Å². The average molecular weight is 254 g/mol. The maximum Gasteiger partial charge on any atom is 0.152 e. The molecule has 0 aliphatic carbocycles. The van der Waals surface area contributed by atoms with Crippen LogP contribution >= 0.6 is 12.4 Å². The van der Waals surface area contributed by atoms with Gasteiger partial charge in [-0.15, -0.1) is 12.4 Å². The molecular formula is C14H17ClFN. The Morgan fingerprint density at radius 3 is 2.76 bits per heavy atom. The van der Waals surface area contributed by atoms with E-state index in [9.17, 15) is 4.39 Å². The van der Waals surface area contributed by atoms with Crippen LogP contribution in [0.1, 0.15) is 31.0 Å². The Labute approximate surface area is 107 Å². The fraction of sp³-hybridized carbons (Fsp3) is 0.357. The lowest BCUT2D eigenvalue weighted by molar-refractivity contribution is 0.603. The highest BCUT2D eigenvalue weighted by atomic mass is 35.5. The number of hydrogen-bond donors (Lipinski definition) is 0. The predicted molar refractivity (Wildman–Crippen MR) is 72.3 cm³/mol. The van der Waals surface area contributed by atoms with Gasteiger partial charge in [-0.05, 0) is 25.8 Å². The highest BCUT2D eigenvalue weighted by molar-refractivity contribution is 5.85. The number of pyridine rings is 1. The van der Waals surface area contributed by atoms with Gasteiger partial charge in [0.15, 0.2) is 5.82 Å². The van der Waals surface area contributed by atoms with Gasteiger partial charge in [0, 0.05) is 17.0 Å². The summed E-state index contributed by atoms with van der Waals surface area (Å²) in [4.78, 5) is 4.20. The first kappa shape index (κ1) is 13.9. The van der Waals surface area contributed by atoms with Crippen molar-refractivity contribution in [3.63, 3.8) is 0 Å². The Kier molecular flexibility index (Phi) is 4.88. The molecule has 0 saturated heterocycles. The lowest BCUT2D eigenvalue weighted by Crippen LogP contribution is -1.96. The Morgan fingerprint density at radius 2 is 2.06 bits per heavy atom. The summed E-state index contributed by atoms with van der Waals surface area (Å²) in [7, 11) is 0. The molecule has 1 aromatic carbocycles. The maximum absolute atomic E-state index is 14.1. The van der Waals surface area contributed by atoms with Crippen LogP contribution in [0.15, 0.2) is 24.4 Å². The van der Waals surface area contributed by atoms with Crippen LogP contribution in [0.5, 0.6) is 0 Å². The van der Waals surface area contributed by atoms with Gasteiger partial charge in [0.05, 0.1) is 5.69 Å². The fourth-order valence-corrected chi connectivity index (χ4v) is 1.85. The summed E-state index contributed by atoms with van der Waals surface area (Å²) in [6.45, 7) is 4.08. The molecule has 0 fully saturated rings. The molecule has 0 N–H and O–H groups in total. The van der Waals surface area contributed by atoms with E-state index in [1.54, 1.807) is 6.20 Å². The molecular weight excluding hydrogens is 237 g/mol.